The minimum absolute atomic E-state index is 0.0494. The lowest BCUT2D eigenvalue weighted by molar-refractivity contribution is -0.135. The number of aromatic nitrogens is 4. The van der Waals surface area contributed by atoms with Crippen molar-refractivity contribution in [1.29, 1.82) is 0 Å². The van der Waals surface area contributed by atoms with Crippen molar-refractivity contribution in [2.45, 2.75) is 71.2 Å². The molecular weight excluding hydrogens is 773 g/mol. The van der Waals surface area contributed by atoms with E-state index in [0.29, 0.717) is 23.8 Å². The predicted octanol–water partition coefficient (Wildman–Crippen LogP) is 4.09. The van der Waals surface area contributed by atoms with Crippen LogP contribution in [0.5, 0.6) is 5.88 Å². The summed E-state index contributed by atoms with van der Waals surface area (Å²) in [7, 11) is 0. The number of aliphatic hydroxyl groups is 1. The molecule has 0 radical (unpaired) electrons. The largest absolute Gasteiger partial charge is 0.475 e. The number of para-hydroxylation sites is 2. The number of hydrogen-bond acceptors (Lipinski definition) is 12. The number of carbonyl (C=O) groups is 4. The Labute approximate surface area is 348 Å². The van der Waals surface area contributed by atoms with Gasteiger partial charge in [0.05, 0.1) is 55.4 Å². The smallest absolute Gasteiger partial charge is 0.407 e. The van der Waals surface area contributed by atoms with Gasteiger partial charge < -0.3 is 45.3 Å². The Kier molecular flexibility index (Phi) is 16.3. The summed E-state index contributed by atoms with van der Waals surface area (Å²) in [6.07, 6.45) is 1.28. The second-order valence-electron chi connectivity index (χ2n) is 15.4. The highest BCUT2D eigenvalue weighted by Crippen LogP contribution is 2.17. The van der Waals surface area contributed by atoms with Gasteiger partial charge in [0, 0.05) is 18.8 Å². The molecule has 0 aliphatic carbocycles. The first-order valence-electron chi connectivity index (χ1n) is 19.8. The van der Waals surface area contributed by atoms with E-state index < -0.39 is 47.6 Å². The molecule has 3 atom stereocenters. The van der Waals surface area contributed by atoms with Gasteiger partial charge in [-0.1, -0.05) is 56.3 Å². The zero-order valence-corrected chi connectivity index (χ0v) is 34.6. The van der Waals surface area contributed by atoms with Gasteiger partial charge in [0.2, 0.25) is 17.6 Å². The van der Waals surface area contributed by atoms with E-state index in [0.717, 1.165) is 16.6 Å². The van der Waals surface area contributed by atoms with E-state index in [1.165, 1.54) is 6.20 Å². The third kappa shape index (κ3) is 14.0. The molecule has 0 bridgehead atoms. The number of nitrogens with zero attached hydrogens (tertiary/aromatic N) is 4. The second-order valence-corrected chi connectivity index (χ2v) is 15.4. The number of aliphatic hydroxyl groups excluding tert-OH is 1. The third-order valence-electron chi connectivity index (χ3n) is 8.79. The topological polar surface area (TPSA) is 217 Å². The van der Waals surface area contributed by atoms with E-state index in [1.54, 1.807) is 45.2 Å². The molecule has 5 aromatic rings. The minimum atomic E-state index is -1.67. The highest BCUT2D eigenvalue weighted by Gasteiger charge is 2.32. The van der Waals surface area contributed by atoms with Crippen molar-refractivity contribution in [2.75, 3.05) is 44.9 Å². The molecule has 3 aromatic heterocycles. The van der Waals surface area contributed by atoms with Crippen LogP contribution in [0.1, 0.15) is 57.1 Å². The van der Waals surface area contributed by atoms with Crippen LogP contribution in [0.15, 0.2) is 85.2 Å². The third-order valence-corrected chi connectivity index (χ3v) is 8.79. The van der Waals surface area contributed by atoms with E-state index in [2.05, 4.69) is 36.2 Å². The van der Waals surface area contributed by atoms with Crippen molar-refractivity contribution >= 4 is 46.3 Å². The summed E-state index contributed by atoms with van der Waals surface area (Å²) in [5, 5.41) is 21.9. The normalized spacial score (nSPS) is 13.1. The van der Waals surface area contributed by atoms with Crippen molar-refractivity contribution < 1.29 is 43.2 Å². The van der Waals surface area contributed by atoms with E-state index in [9.17, 15) is 24.3 Å². The number of fused-ring (bicyclic) bond motifs is 3. The Bertz CT molecular complexity index is 2170. The van der Waals surface area contributed by atoms with Crippen molar-refractivity contribution in [3.63, 3.8) is 0 Å². The molecule has 17 heteroatoms. The number of benzene rings is 2. The van der Waals surface area contributed by atoms with Crippen LogP contribution in [0.2, 0.25) is 0 Å². The molecule has 0 aliphatic heterocycles. The lowest BCUT2D eigenvalue weighted by Crippen LogP contribution is -2.56. The zero-order valence-electron chi connectivity index (χ0n) is 34.6. The van der Waals surface area contributed by atoms with Crippen molar-refractivity contribution in [3.8, 4) is 5.88 Å². The molecule has 0 spiro atoms. The maximum absolute atomic E-state index is 13.3. The number of nitrogens with one attached hydrogen (secondary N) is 4. The SMILES string of the molecule is CC(C)C[C@H](NC(=O)[C@@H](O)[C@@H](Cc1ccccc1)NC(=O)OC(C)(C)C)C(=O)NCCOCCOCCOc1ccc(NC(=O)c2ccn3c(n2)nc2ccccc23)cn1. The van der Waals surface area contributed by atoms with Crippen LogP contribution in [0.25, 0.3) is 16.8 Å². The van der Waals surface area contributed by atoms with Gasteiger partial charge in [-0.15, -0.1) is 0 Å². The van der Waals surface area contributed by atoms with E-state index in [-0.39, 0.29) is 57.6 Å². The van der Waals surface area contributed by atoms with E-state index >= 15 is 0 Å². The zero-order chi connectivity index (χ0) is 43.1. The summed E-state index contributed by atoms with van der Waals surface area (Å²) in [5.41, 5.74) is 2.40. The Hall–Kier alpha value is -6.17. The number of amides is 4. The van der Waals surface area contributed by atoms with Gasteiger partial charge in [-0.3, -0.25) is 18.8 Å². The number of ether oxygens (including phenoxy) is 4. The Balaban J connectivity index is 0.965. The van der Waals surface area contributed by atoms with Crippen LogP contribution >= 0.6 is 0 Å². The van der Waals surface area contributed by atoms with Crippen LogP contribution < -0.4 is 26.0 Å². The number of hydrogen-bond donors (Lipinski definition) is 5. The number of rotatable bonds is 21. The van der Waals surface area contributed by atoms with Crippen LogP contribution in [-0.4, -0.2) is 112 Å². The Morgan fingerprint density at radius 3 is 2.25 bits per heavy atom. The van der Waals surface area contributed by atoms with Gasteiger partial charge in [0.1, 0.15) is 23.9 Å². The minimum Gasteiger partial charge on any atom is -0.475 e. The summed E-state index contributed by atoms with van der Waals surface area (Å²) in [6, 6.07) is 19.7. The average molecular weight is 827 g/mol. The van der Waals surface area contributed by atoms with Gasteiger partial charge in [-0.05, 0) is 69.4 Å². The first-order valence-corrected chi connectivity index (χ1v) is 19.8. The standard InChI is InChI=1S/C43H54N8O9/c1-28(2)25-34(47-40(55)37(52)33(26-29-11-7-6-8-12-29)50-42(56)60-43(3,4)5)38(53)44-18-20-57-21-22-58-23-24-59-36-16-15-30(27-45-36)46-39(54)32-17-19-51-35-14-10-9-13-31(35)48-41(51)49-32/h6-17,19,27-28,33-34,37,52H,18,20-26H2,1-5H3,(H,44,53)(H,46,54)(H,47,55)(H,50,56)/t33-,34+,37+/m1/s1. The molecule has 60 heavy (non-hydrogen) atoms. The predicted molar refractivity (Wildman–Crippen MR) is 224 cm³/mol. The van der Waals surface area contributed by atoms with Gasteiger partial charge in [0.25, 0.3) is 11.8 Å². The van der Waals surface area contributed by atoms with E-state index in [1.807, 2.05) is 72.8 Å². The van der Waals surface area contributed by atoms with Gasteiger partial charge in [0.15, 0.2) is 6.10 Å². The van der Waals surface area contributed by atoms with Crippen molar-refractivity contribution in [2.24, 2.45) is 5.92 Å². The summed E-state index contributed by atoms with van der Waals surface area (Å²) in [5.74, 6) is -0.781. The summed E-state index contributed by atoms with van der Waals surface area (Å²) >= 11 is 0. The molecule has 5 N–H and O–H groups in total. The Morgan fingerprint density at radius 1 is 0.817 bits per heavy atom. The molecule has 17 nitrogen and oxygen atoms in total. The average Bonchev–Trinajstić information content (AvgIpc) is 3.58. The molecule has 0 fully saturated rings. The summed E-state index contributed by atoms with van der Waals surface area (Å²) in [6.45, 7) is 10.4. The second kappa shape index (κ2) is 21.7. The number of carbonyl (C=O) groups excluding carboxylic acids is 4. The number of imidazole rings is 1. The summed E-state index contributed by atoms with van der Waals surface area (Å²) < 4.78 is 24.0. The molecule has 320 valence electrons. The number of anilines is 1. The summed E-state index contributed by atoms with van der Waals surface area (Å²) in [4.78, 5) is 64.9. The molecule has 5 rings (SSSR count). The van der Waals surface area contributed by atoms with Crippen LogP contribution in [0.4, 0.5) is 10.5 Å². The fraction of sp³-hybridized carbons (Fsp3) is 0.419. The molecule has 0 unspecified atom stereocenters. The number of pyridine rings is 1. The lowest BCUT2D eigenvalue weighted by Gasteiger charge is -2.28. The van der Waals surface area contributed by atoms with Gasteiger partial charge in [-0.2, -0.15) is 0 Å². The molecule has 4 amide bonds. The molecular formula is C43H54N8O9. The van der Waals surface area contributed by atoms with Crippen LogP contribution in [0.3, 0.4) is 0 Å². The highest BCUT2D eigenvalue weighted by molar-refractivity contribution is 6.03. The van der Waals surface area contributed by atoms with Crippen molar-refractivity contribution in [1.82, 2.24) is 35.3 Å². The monoisotopic (exact) mass is 826 g/mol. The maximum atomic E-state index is 13.3. The van der Waals surface area contributed by atoms with Crippen LogP contribution in [-0.2, 0) is 30.2 Å². The van der Waals surface area contributed by atoms with E-state index in [4.69, 9.17) is 18.9 Å². The first kappa shape index (κ1) is 44.9. The maximum Gasteiger partial charge on any atom is 0.407 e. The quantitative estimate of drug-likeness (QED) is 0.0662. The number of alkyl carbamates (subject to hydrolysis) is 1. The molecule has 0 saturated heterocycles. The molecule has 3 heterocycles. The fourth-order valence-corrected chi connectivity index (χ4v) is 6.02. The van der Waals surface area contributed by atoms with Gasteiger partial charge in [-0.25, -0.2) is 19.7 Å². The lowest BCUT2D eigenvalue weighted by atomic mass is 9.99. The van der Waals surface area contributed by atoms with Crippen LogP contribution in [0, 0.1) is 5.92 Å². The molecule has 0 saturated carbocycles. The first-order chi connectivity index (χ1) is 28.8. The fourth-order valence-electron chi connectivity index (χ4n) is 6.02. The Morgan fingerprint density at radius 2 is 1.53 bits per heavy atom. The molecule has 0 aliphatic rings. The van der Waals surface area contributed by atoms with Crippen molar-refractivity contribution in [3.05, 3.63) is 96.4 Å². The van der Waals surface area contributed by atoms with Gasteiger partial charge >= 0.3 is 6.09 Å². The molecule has 2 aromatic carbocycles. The highest BCUT2D eigenvalue weighted by atomic mass is 16.6.